The predicted molar refractivity (Wildman–Crippen MR) is 72.4 cm³/mol. The third-order valence-corrected chi connectivity index (χ3v) is 4.10. The first kappa shape index (κ1) is 11.4. The highest BCUT2D eigenvalue weighted by Gasteiger charge is 2.26. The van der Waals surface area contributed by atoms with Gasteiger partial charge in [-0.05, 0) is 29.1 Å². The van der Waals surface area contributed by atoms with Crippen LogP contribution in [0, 0.1) is 5.82 Å². The summed E-state index contributed by atoms with van der Waals surface area (Å²) in [5, 5.41) is 8.60. The number of benzene rings is 1. The van der Waals surface area contributed by atoms with Crippen molar-refractivity contribution >= 4 is 17.0 Å². The monoisotopic (exact) mass is 260 g/mol. The number of hydrazone groups is 1. The minimum atomic E-state index is -0.196. The summed E-state index contributed by atoms with van der Waals surface area (Å²) in [5.41, 5.74) is 2.22. The topological polar surface area (TPSA) is 15.6 Å². The maximum atomic E-state index is 12.9. The van der Waals surface area contributed by atoms with Crippen molar-refractivity contribution in [3.8, 4) is 0 Å². The van der Waals surface area contributed by atoms with Crippen LogP contribution in [0.2, 0.25) is 0 Å². The lowest BCUT2D eigenvalue weighted by atomic mass is 10.0. The Morgan fingerprint density at radius 1 is 1.28 bits per heavy atom. The van der Waals surface area contributed by atoms with Crippen molar-refractivity contribution in [2.24, 2.45) is 5.10 Å². The lowest BCUT2D eigenvalue weighted by molar-refractivity contribution is 0.289. The fraction of sp³-hybridized carbons (Fsp3) is 0.214. The third kappa shape index (κ3) is 2.04. The van der Waals surface area contributed by atoms with Crippen LogP contribution in [0.5, 0.6) is 0 Å². The molecule has 1 aromatic heterocycles. The summed E-state index contributed by atoms with van der Waals surface area (Å²) in [5.74, 6) is -0.196. The summed E-state index contributed by atoms with van der Waals surface area (Å²) >= 11 is 1.70. The molecular formula is C14H13FN2S. The molecule has 92 valence electrons. The van der Waals surface area contributed by atoms with E-state index < -0.39 is 0 Å². The molecule has 0 saturated heterocycles. The average molecular weight is 260 g/mol. The van der Waals surface area contributed by atoms with Crippen molar-refractivity contribution in [1.82, 2.24) is 5.01 Å². The van der Waals surface area contributed by atoms with Gasteiger partial charge in [0.05, 0.1) is 16.6 Å². The lowest BCUT2D eigenvalue weighted by Gasteiger charge is -2.18. The highest BCUT2D eigenvalue weighted by atomic mass is 32.1. The third-order valence-electron chi connectivity index (χ3n) is 3.18. The minimum Gasteiger partial charge on any atom is -0.292 e. The zero-order valence-corrected chi connectivity index (χ0v) is 10.8. The van der Waals surface area contributed by atoms with Gasteiger partial charge >= 0.3 is 0 Å². The first-order chi connectivity index (χ1) is 8.74. The van der Waals surface area contributed by atoms with Crippen LogP contribution in [0.1, 0.15) is 22.9 Å². The fourth-order valence-corrected chi connectivity index (χ4v) is 2.95. The van der Waals surface area contributed by atoms with Crippen molar-refractivity contribution in [1.29, 1.82) is 0 Å². The van der Waals surface area contributed by atoms with Crippen LogP contribution in [0.3, 0.4) is 0 Å². The molecule has 0 saturated carbocycles. The van der Waals surface area contributed by atoms with Gasteiger partial charge in [-0.25, -0.2) is 4.39 Å². The summed E-state index contributed by atoms with van der Waals surface area (Å²) in [6.07, 6.45) is 0.878. The standard InChI is InChI=1S/C14H13FN2S/c1-17-13(10-4-6-11(15)7-5-10)9-12(16-17)14-3-2-8-18-14/h2-8,13H,9H2,1H3. The molecule has 0 fully saturated rings. The zero-order valence-electron chi connectivity index (χ0n) is 10.0. The van der Waals surface area contributed by atoms with E-state index in [9.17, 15) is 4.39 Å². The Labute approximate surface area is 109 Å². The summed E-state index contributed by atoms with van der Waals surface area (Å²) in [6, 6.07) is 11.0. The Hall–Kier alpha value is -1.68. The number of thiophene rings is 1. The van der Waals surface area contributed by atoms with E-state index in [0.717, 1.165) is 17.7 Å². The minimum absolute atomic E-state index is 0.196. The molecule has 0 bridgehead atoms. The molecule has 1 unspecified atom stereocenters. The predicted octanol–water partition coefficient (Wildman–Crippen LogP) is 3.67. The molecule has 0 amide bonds. The van der Waals surface area contributed by atoms with E-state index in [0.29, 0.717) is 0 Å². The largest absolute Gasteiger partial charge is 0.292 e. The van der Waals surface area contributed by atoms with Crippen molar-refractivity contribution in [3.63, 3.8) is 0 Å². The molecule has 2 nitrogen and oxygen atoms in total. The van der Waals surface area contributed by atoms with E-state index in [2.05, 4.69) is 16.5 Å². The maximum Gasteiger partial charge on any atom is 0.123 e. The molecule has 0 N–H and O–H groups in total. The van der Waals surface area contributed by atoms with Gasteiger partial charge in [0.25, 0.3) is 0 Å². The Bertz CT molecular complexity index is 560. The maximum absolute atomic E-state index is 12.9. The second-order valence-corrected chi connectivity index (χ2v) is 5.32. The van der Waals surface area contributed by atoms with Crippen molar-refractivity contribution in [2.45, 2.75) is 12.5 Å². The van der Waals surface area contributed by atoms with Gasteiger partial charge in [-0.15, -0.1) is 11.3 Å². The van der Waals surface area contributed by atoms with Gasteiger partial charge in [0, 0.05) is 13.5 Å². The fourth-order valence-electron chi connectivity index (χ4n) is 2.23. The van der Waals surface area contributed by atoms with E-state index in [1.165, 1.54) is 17.0 Å². The van der Waals surface area contributed by atoms with Gasteiger partial charge in [0.15, 0.2) is 0 Å². The SMILES string of the molecule is CN1N=C(c2cccs2)CC1c1ccc(F)cc1. The van der Waals surface area contributed by atoms with Crippen LogP contribution in [0.25, 0.3) is 0 Å². The van der Waals surface area contributed by atoms with Crippen LogP contribution < -0.4 is 0 Å². The van der Waals surface area contributed by atoms with Gasteiger partial charge in [-0.3, -0.25) is 5.01 Å². The number of halogens is 1. The highest BCUT2D eigenvalue weighted by Crippen LogP contribution is 2.32. The van der Waals surface area contributed by atoms with Gasteiger partial charge in [-0.2, -0.15) is 5.10 Å². The number of hydrogen-bond donors (Lipinski definition) is 0. The van der Waals surface area contributed by atoms with Crippen LogP contribution in [-0.2, 0) is 0 Å². The Morgan fingerprint density at radius 3 is 2.72 bits per heavy atom. The molecule has 2 heterocycles. The molecule has 1 aromatic carbocycles. The van der Waals surface area contributed by atoms with E-state index in [1.807, 2.05) is 30.3 Å². The summed E-state index contributed by atoms with van der Waals surface area (Å²) in [6.45, 7) is 0. The quantitative estimate of drug-likeness (QED) is 0.804. The van der Waals surface area contributed by atoms with Crippen molar-refractivity contribution < 1.29 is 4.39 Å². The molecule has 1 aliphatic rings. The lowest BCUT2D eigenvalue weighted by Crippen LogP contribution is -2.13. The van der Waals surface area contributed by atoms with Crippen molar-refractivity contribution in [3.05, 3.63) is 58.0 Å². The molecule has 3 rings (SSSR count). The Morgan fingerprint density at radius 2 is 2.06 bits per heavy atom. The summed E-state index contributed by atoms with van der Waals surface area (Å²) < 4.78 is 12.9. The van der Waals surface area contributed by atoms with Gasteiger partial charge in [-0.1, -0.05) is 18.2 Å². The first-order valence-corrected chi connectivity index (χ1v) is 6.71. The smallest absolute Gasteiger partial charge is 0.123 e. The summed E-state index contributed by atoms with van der Waals surface area (Å²) in [4.78, 5) is 1.21. The van der Waals surface area contributed by atoms with E-state index in [-0.39, 0.29) is 11.9 Å². The molecule has 1 aliphatic heterocycles. The Balaban J connectivity index is 1.84. The molecule has 0 aliphatic carbocycles. The molecule has 0 spiro atoms. The first-order valence-electron chi connectivity index (χ1n) is 5.84. The summed E-state index contributed by atoms with van der Waals surface area (Å²) in [7, 11) is 1.97. The second kappa shape index (κ2) is 4.53. The molecule has 4 heteroatoms. The average Bonchev–Trinajstić information content (AvgIpc) is 2.99. The van der Waals surface area contributed by atoms with Crippen LogP contribution in [-0.4, -0.2) is 17.8 Å². The zero-order chi connectivity index (χ0) is 12.5. The molecule has 2 aromatic rings. The van der Waals surface area contributed by atoms with Gasteiger partial charge in [0.1, 0.15) is 5.82 Å². The van der Waals surface area contributed by atoms with Crippen molar-refractivity contribution in [2.75, 3.05) is 7.05 Å². The van der Waals surface area contributed by atoms with Crippen LogP contribution in [0.4, 0.5) is 4.39 Å². The van der Waals surface area contributed by atoms with E-state index >= 15 is 0 Å². The second-order valence-electron chi connectivity index (χ2n) is 4.37. The van der Waals surface area contributed by atoms with E-state index in [1.54, 1.807) is 11.3 Å². The van der Waals surface area contributed by atoms with Gasteiger partial charge in [0.2, 0.25) is 0 Å². The highest BCUT2D eigenvalue weighted by molar-refractivity contribution is 7.12. The number of rotatable bonds is 2. The Kier molecular flexibility index (Phi) is 2.88. The molecule has 0 radical (unpaired) electrons. The van der Waals surface area contributed by atoms with E-state index in [4.69, 9.17) is 0 Å². The number of nitrogens with zero attached hydrogens (tertiary/aromatic N) is 2. The number of hydrogen-bond acceptors (Lipinski definition) is 3. The van der Waals surface area contributed by atoms with Crippen LogP contribution >= 0.6 is 11.3 Å². The van der Waals surface area contributed by atoms with Crippen LogP contribution in [0.15, 0.2) is 46.9 Å². The van der Waals surface area contributed by atoms with Gasteiger partial charge < -0.3 is 0 Å². The molecule has 18 heavy (non-hydrogen) atoms. The molecule has 1 atom stereocenters. The molecular weight excluding hydrogens is 247 g/mol. The normalized spacial score (nSPS) is 19.1.